The van der Waals surface area contributed by atoms with Gasteiger partial charge in [0, 0.05) is 11.5 Å². The number of ketones is 2. The molecule has 0 spiro atoms. The molecular weight excluding hydrogens is 348 g/mol. The summed E-state index contributed by atoms with van der Waals surface area (Å²) in [5, 5.41) is 29.9. The first-order valence-corrected chi connectivity index (χ1v) is 8.55. The van der Waals surface area contributed by atoms with Crippen LogP contribution in [-0.4, -0.2) is 38.6 Å². The molecule has 0 fully saturated rings. The number of aliphatic hydroxyl groups is 1. The summed E-state index contributed by atoms with van der Waals surface area (Å²) in [4.78, 5) is 25.4. The molecule has 0 heterocycles. The van der Waals surface area contributed by atoms with Crippen molar-refractivity contribution in [3.63, 3.8) is 0 Å². The number of Topliss-reactive ketones (excluding diaryl/α,β-unsaturated/α-hetero) is 1. The molecule has 0 bridgehead atoms. The average molecular weight is 372 g/mol. The number of carbonyl (C=O) groups excluding carboxylic acids is 2. The van der Waals surface area contributed by atoms with Crippen molar-refractivity contribution in [2.24, 2.45) is 5.92 Å². The molecular formula is C21H24O6. The molecule has 1 atom stereocenters. The van der Waals surface area contributed by atoms with Crippen LogP contribution in [0.5, 0.6) is 11.5 Å². The van der Waals surface area contributed by atoms with Crippen LogP contribution in [0.4, 0.5) is 0 Å². The minimum absolute atomic E-state index is 0.0179. The third-order valence-corrected chi connectivity index (χ3v) is 4.09. The van der Waals surface area contributed by atoms with Crippen molar-refractivity contribution < 1.29 is 29.6 Å². The standard InChI is InChI=1S/C21H24O6/c1-11(2)12(3)27-17(8-9-21(4,5)26)13-10-16(24)18-14(22)6-7-15(23)19(18)20(13)25/h6-11,17,22-23,26H,3H2,1-2,4-5H3/b9-8+. The smallest absolute Gasteiger partial charge is 0.197 e. The maximum atomic E-state index is 13.0. The van der Waals surface area contributed by atoms with Gasteiger partial charge >= 0.3 is 0 Å². The summed E-state index contributed by atoms with van der Waals surface area (Å²) < 4.78 is 5.77. The number of hydrogen-bond donors (Lipinski definition) is 3. The van der Waals surface area contributed by atoms with E-state index in [4.69, 9.17) is 4.74 Å². The molecule has 1 aromatic rings. The zero-order valence-corrected chi connectivity index (χ0v) is 15.8. The lowest BCUT2D eigenvalue weighted by Gasteiger charge is -2.25. The van der Waals surface area contributed by atoms with Gasteiger partial charge in [-0.15, -0.1) is 0 Å². The number of carbonyl (C=O) groups is 2. The van der Waals surface area contributed by atoms with Crippen LogP contribution in [0.3, 0.4) is 0 Å². The summed E-state index contributed by atoms with van der Waals surface area (Å²) in [5.74, 6) is -1.68. The normalized spacial score (nSPS) is 15.7. The number of rotatable bonds is 6. The Morgan fingerprint density at radius 1 is 1.15 bits per heavy atom. The maximum Gasteiger partial charge on any atom is 0.197 e. The second kappa shape index (κ2) is 7.40. The molecule has 0 amide bonds. The van der Waals surface area contributed by atoms with Crippen LogP contribution in [0.25, 0.3) is 0 Å². The highest BCUT2D eigenvalue weighted by Gasteiger charge is 2.35. The molecule has 27 heavy (non-hydrogen) atoms. The minimum atomic E-state index is -1.17. The number of allylic oxidation sites excluding steroid dienone is 2. The molecule has 0 saturated carbocycles. The summed E-state index contributed by atoms with van der Waals surface area (Å²) in [6.45, 7) is 10.7. The first kappa shape index (κ1) is 20.5. The van der Waals surface area contributed by atoms with E-state index >= 15 is 0 Å². The highest BCUT2D eigenvalue weighted by atomic mass is 16.5. The fourth-order valence-corrected chi connectivity index (χ4v) is 2.52. The third-order valence-electron chi connectivity index (χ3n) is 4.09. The quantitative estimate of drug-likeness (QED) is 0.402. The number of aromatic hydroxyl groups is 2. The molecule has 3 N–H and O–H groups in total. The molecule has 1 aliphatic carbocycles. The van der Waals surface area contributed by atoms with Crippen LogP contribution in [0.2, 0.25) is 0 Å². The van der Waals surface area contributed by atoms with E-state index in [9.17, 15) is 24.9 Å². The van der Waals surface area contributed by atoms with Crippen molar-refractivity contribution in [2.75, 3.05) is 0 Å². The second-order valence-electron chi connectivity index (χ2n) is 7.32. The van der Waals surface area contributed by atoms with E-state index < -0.39 is 29.0 Å². The lowest BCUT2D eigenvalue weighted by molar-refractivity contribution is 0.0924. The Hall–Kier alpha value is -2.86. The topological polar surface area (TPSA) is 104 Å². The van der Waals surface area contributed by atoms with Crippen LogP contribution >= 0.6 is 0 Å². The van der Waals surface area contributed by atoms with Gasteiger partial charge in [-0.1, -0.05) is 26.5 Å². The summed E-state index contributed by atoms with van der Waals surface area (Å²) in [7, 11) is 0. The van der Waals surface area contributed by atoms with Gasteiger partial charge in [-0.2, -0.15) is 0 Å². The van der Waals surface area contributed by atoms with E-state index in [1.807, 2.05) is 13.8 Å². The van der Waals surface area contributed by atoms with Gasteiger partial charge in [0.2, 0.25) is 0 Å². The summed E-state index contributed by atoms with van der Waals surface area (Å²) in [6, 6.07) is 2.30. The molecule has 0 aromatic heterocycles. The zero-order chi connectivity index (χ0) is 20.5. The fourth-order valence-electron chi connectivity index (χ4n) is 2.52. The van der Waals surface area contributed by atoms with Crippen LogP contribution < -0.4 is 0 Å². The molecule has 0 saturated heterocycles. The summed E-state index contributed by atoms with van der Waals surface area (Å²) in [5.41, 5.74) is -1.69. The Balaban J connectivity index is 2.54. The van der Waals surface area contributed by atoms with E-state index in [0.717, 1.165) is 18.2 Å². The van der Waals surface area contributed by atoms with E-state index in [2.05, 4.69) is 6.58 Å². The van der Waals surface area contributed by atoms with Gasteiger partial charge < -0.3 is 20.1 Å². The molecule has 1 aliphatic rings. The van der Waals surface area contributed by atoms with Crippen molar-refractivity contribution in [1.29, 1.82) is 0 Å². The van der Waals surface area contributed by atoms with Crippen molar-refractivity contribution in [1.82, 2.24) is 0 Å². The first-order valence-electron chi connectivity index (χ1n) is 8.55. The van der Waals surface area contributed by atoms with Gasteiger partial charge in [0.25, 0.3) is 0 Å². The molecule has 144 valence electrons. The average Bonchev–Trinajstić information content (AvgIpc) is 2.55. The monoisotopic (exact) mass is 372 g/mol. The molecule has 2 rings (SSSR count). The Morgan fingerprint density at radius 2 is 1.70 bits per heavy atom. The van der Waals surface area contributed by atoms with E-state index in [0.29, 0.717) is 5.76 Å². The van der Waals surface area contributed by atoms with E-state index in [-0.39, 0.29) is 28.4 Å². The molecule has 0 radical (unpaired) electrons. The number of ether oxygens (including phenoxy) is 1. The van der Waals surface area contributed by atoms with Gasteiger partial charge in [-0.3, -0.25) is 9.59 Å². The minimum Gasteiger partial charge on any atom is -0.507 e. The molecule has 0 aliphatic heterocycles. The first-order chi connectivity index (χ1) is 12.4. The van der Waals surface area contributed by atoms with Gasteiger partial charge in [0.05, 0.1) is 22.5 Å². The zero-order valence-electron chi connectivity index (χ0n) is 15.8. The lowest BCUT2D eigenvalue weighted by Crippen LogP contribution is -2.27. The highest BCUT2D eigenvalue weighted by Crippen LogP contribution is 2.36. The third kappa shape index (κ3) is 4.46. The lowest BCUT2D eigenvalue weighted by atomic mass is 9.85. The number of phenols is 2. The van der Waals surface area contributed by atoms with Crippen LogP contribution in [0.15, 0.2) is 48.3 Å². The van der Waals surface area contributed by atoms with Crippen molar-refractivity contribution in [3.8, 4) is 11.5 Å². The Morgan fingerprint density at radius 3 is 2.22 bits per heavy atom. The largest absolute Gasteiger partial charge is 0.507 e. The number of hydrogen-bond acceptors (Lipinski definition) is 6. The SMILES string of the molecule is C=C(OC(/C=C/C(C)(C)O)C1=CC(=O)c2c(O)ccc(O)c2C1=O)C(C)C. The Labute approximate surface area is 158 Å². The maximum absolute atomic E-state index is 13.0. The van der Waals surface area contributed by atoms with Gasteiger partial charge in [0.1, 0.15) is 17.6 Å². The molecule has 6 heteroatoms. The van der Waals surface area contributed by atoms with Gasteiger partial charge in [-0.05, 0) is 38.1 Å². The second-order valence-corrected chi connectivity index (χ2v) is 7.32. The van der Waals surface area contributed by atoms with E-state index in [1.165, 1.54) is 12.2 Å². The Kier molecular flexibility index (Phi) is 5.61. The van der Waals surface area contributed by atoms with Gasteiger partial charge in [-0.25, -0.2) is 0 Å². The van der Waals surface area contributed by atoms with Gasteiger partial charge in [0.15, 0.2) is 11.6 Å². The van der Waals surface area contributed by atoms with Crippen molar-refractivity contribution >= 4 is 11.6 Å². The predicted molar refractivity (Wildman–Crippen MR) is 101 cm³/mol. The van der Waals surface area contributed by atoms with Crippen LogP contribution in [-0.2, 0) is 4.74 Å². The Bertz CT molecular complexity index is 852. The van der Waals surface area contributed by atoms with Crippen LogP contribution in [0.1, 0.15) is 48.4 Å². The number of benzene rings is 1. The van der Waals surface area contributed by atoms with Crippen molar-refractivity contribution in [3.05, 3.63) is 59.4 Å². The summed E-state index contributed by atoms with van der Waals surface area (Å²) in [6.07, 6.45) is 3.01. The predicted octanol–water partition coefficient (Wildman–Crippen LogP) is 3.29. The fraction of sp³-hybridized carbons (Fsp3) is 0.333. The number of phenolic OH excluding ortho intramolecular Hbond substituents is 2. The molecule has 1 aromatic carbocycles. The molecule has 1 unspecified atom stereocenters. The van der Waals surface area contributed by atoms with Crippen LogP contribution in [0, 0.1) is 5.92 Å². The summed E-state index contributed by atoms with van der Waals surface area (Å²) >= 11 is 0. The van der Waals surface area contributed by atoms with E-state index in [1.54, 1.807) is 13.8 Å². The van der Waals surface area contributed by atoms with Crippen molar-refractivity contribution in [2.45, 2.75) is 39.4 Å². The highest BCUT2D eigenvalue weighted by molar-refractivity contribution is 6.27. The molecule has 6 nitrogen and oxygen atoms in total. The number of fused-ring (bicyclic) bond motifs is 1.